The molecule has 2 aromatic heterocycles. The van der Waals surface area contributed by atoms with Gasteiger partial charge in [0.2, 0.25) is 5.91 Å². The van der Waals surface area contributed by atoms with Gasteiger partial charge in [-0.15, -0.1) is 0 Å². The molecule has 1 aliphatic heterocycles. The molecule has 2 aromatic rings. The lowest BCUT2D eigenvalue weighted by molar-refractivity contribution is -0.121. The number of H-pyrrole nitrogens is 2. The fourth-order valence-electron chi connectivity index (χ4n) is 3.29. The Balaban J connectivity index is 1.49. The van der Waals surface area contributed by atoms with Crippen LogP contribution in [0.2, 0.25) is 0 Å². The van der Waals surface area contributed by atoms with Gasteiger partial charge in [0, 0.05) is 43.5 Å². The van der Waals surface area contributed by atoms with Crippen LogP contribution in [-0.2, 0) is 17.8 Å². The van der Waals surface area contributed by atoms with Crippen molar-refractivity contribution in [2.24, 2.45) is 0 Å². The van der Waals surface area contributed by atoms with Crippen molar-refractivity contribution in [3.05, 3.63) is 56.0 Å². The number of aromatic amines is 2. The lowest BCUT2D eigenvalue weighted by Gasteiger charge is -2.27. The summed E-state index contributed by atoms with van der Waals surface area (Å²) in [5.74, 6) is 0.831. The number of nitrogens with zero attached hydrogens (tertiary/aromatic N) is 2. The summed E-state index contributed by atoms with van der Waals surface area (Å²) in [5, 5.41) is 2.84. The Hall–Kier alpha value is -2.90. The first-order valence-electron chi connectivity index (χ1n) is 9.31. The van der Waals surface area contributed by atoms with Gasteiger partial charge in [-0.1, -0.05) is 6.07 Å². The average molecular weight is 371 g/mol. The third-order valence-corrected chi connectivity index (χ3v) is 4.84. The molecule has 0 aliphatic carbocycles. The monoisotopic (exact) mass is 371 g/mol. The summed E-state index contributed by atoms with van der Waals surface area (Å²) in [6.45, 7) is 4.14. The molecule has 1 fully saturated rings. The molecule has 0 aromatic carbocycles. The fourth-order valence-corrected chi connectivity index (χ4v) is 3.29. The van der Waals surface area contributed by atoms with Gasteiger partial charge in [-0.05, 0) is 44.2 Å². The molecule has 27 heavy (non-hydrogen) atoms. The number of carbonyl (C=O) groups excluding carboxylic acids is 1. The van der Waals surface area contributed by atoms with Gasteiger partial charge in [0.25, 0.3) is 5.56 Å². The van der Waals surface area contributed by atoms with Gasteiger partial charge in [0.05, 0.1) is 0 Å². The normalized spacial score (nSPS) is 14.2. The van der Waals surface area contributed by atoms with Crippen LogP contribution in [0, 0.1) is 6.92 Å². The zero-order valence-electron chi connectivity index (χ0n) is 15.5. The smallest absolute Gasteiger partial charge is 0.325 e. The van der Waals surface area contributed by atoms with E-state index >= 15 is 0 Å². The number of nitrogens with one attached hydrogen (secondary N) is 3. The average Bonchev–Trinajstić information content (AvgIpc) is 2.66. The second kappa shape index (κ2) is 8.66. The molecule has 0 radical (unpaired) electrons. The number of anilines is 1. The number of amides is 1. The number of hydrogen-bond acceptors (Lipinski definition) is 5. The zero-order valence-corrected chi connectivity index (χ0v) is 15.5. The number of rotatable bonds is 6. The summed E-state index contributed by atoms with van der Waals surface area (Å²) in [7, 11) is 0. The Kier molecular flexibility index (Phi) is 6.05. The minimum Gasteiger partial charge on any atom is -0.357 e. The number of piperidine rings is 1. The van der Waals surface area contributed by atoms with E-state index < -0.39 is 11.2 Å². The highest BCUT2D eigenvalue weighted by molar-refractivity contribution is 5.76. The third-order valence-electron chi connectivity index (χ3n) is 4.84. The topological polar surface area (TPSA) is 111 Å². The molecule has 0 bridgehead atoms. The predicted octanol–water partition coefficient (Wildman–Crippen LogP) is 1.01. The number of pyridine rings is 1. The molecule has 8 heteroatoms. The van der Waals surface area contributed by atoms with Crippen LogP contribution >= 0.6 is 0 Å². The van der Waals surface area contributed by atoms with Gasteiger partial charge in [0.15, 0.2) is 0 Å². The Morgan fingerprint density at radius 1 is 1.19 bits per heavy atom. The van der Waals surface area contributed by atoms with Crippen LogP contribution in [0.4, 0.5) is 5.82 Å². The second-order valence-electron chi connectivity index (χ2n) is 6.86. The van der Waals surface area contributed by atoms with Gasteiger partial charge in [-0.2, -0.15) is 0 Å². The predicted molar refractivity (Wildman–Crippen MR) is 103 cm³/mol. The van der Waals surface area contributed by atoms with Crippen molar-refractivity contribution >= 4 is 11.7 Å². The Morgan fingerprint density at radius 3 is 2.63 bits per heavy atom. The molecule has 0 unspecified atom stereocenters. The van der Waals surface area contributed by atoms with Gasteiger partial charge in [-0.25, -0.2) is 9.78 Å². The first-order chi connectivity index (χ1) is 13.0. The number of carbonyl (C=O) groups is 1. The molecule has 0 atom stereocenters. The van der Waals surface area contributed by atoms with Gasteiger partial charge < -0.3 is 15.2 Å². The summed E-state index contributed by atoms with van der Waals surface area (Å²) in [5.41, 5.74) is 0.876. The molecule has 3 heterocycles. The largest absolute Gasteiger partial charge is 0.357 e. The minimum atomic E-state index is -0.536. The Morgan fingerprint density at radius 2 is 1.96 bits per heavy atom. The van der Waals surface area contributed by atoms with Crippen LogP contribution in [0.25, 0.3) is 0 Å². The number of aryl methyl sites for hydroxylation is 1. The van der Waals surface area contributed by atoms with Crippen LogP contribution in [0.3, 0.4) is 0 Å². The van der Waals surface area contributed by atoms with Crippen molar-refractivity contribution in [3.8, 4) is 0 Å². The second-order valence-corrected chi connectivity index (χ2v) is 6.86. The van der Waals surface area contributed by atoms with Gasteiger partial charge in [-0.3, -0.25) is 14.6 Å². The van der Waals surface area contributed by atoms with Crippen molar-refractivity contribution in [3.63, 3.8) is 0 Å². The van der Waals surface area contributed by atoms with E-state index in [2.05, 4.69) is 25.2 Å². The van der Waals surface area contributed by atoms with Crippen molar-refractivity contribution in [1.82, 2.24) is 20.3 Å². The molecule has 0 spiro atoms. The van der Waals surface area contributed by atoms with E-state index in [9.17, 15) is 14.4 Å². The SMILES string of the molecule is Cc1[nH]c(=O)[nH]c(=O)c1CCC(=O)NCc1ccc(N2CCCCC2)nc1. The molecule has 144 valence electrons. The molecule has 1 aliphatic rings. The highest BCUT2D eigenvalue weighted by Gasteiger charge is 2.12. The third kappa shape index (κ3) is 5.06. The van der Waals surface area contributed by atoms with E-state index in [-0.39, 0.29) is 18.7 Å². The minimum absolute atomic E-state index is 0.153. The highest BCUT2D eigenvalue weighted by Crippen LogP contribution is 2.17. The van der Waals surface area contributed by atoms with E-state index in [1.165, 1.54) is 19.3 Å². The van der Waals surface area contributed by atoms with E-state index in [0.717, 1.165) is 24.5 Å². The number of aromatic nitrogens is 3. The maximum Gasteiger partial charge on any atom is 0.325 e. The lowest BCUT2D eigenvalue weighted by atomic mass is 10.1. The van der Waals surface area contributed by atoms with E-state index in [0.29, 0.717) is 17.8 Å². The highest BCUT2D eigenvalue weighted by atomic mass is 16.2. The van der Waals surface area contributed by atoms with E-state index in [4.69, 9.17) is 0 Å². The lowest BCUT2D eigenvalue weighted by Crippen LogP contribution is -2.30. The quantitative estimate of drug-likeness (QED) is 0.702. The summed E-state index contributed by atoms with van der Waals surface area (Å²) in [6.07, 6.45) is 5.94. The Bertz CT molecular complexity index is 895. The first-order valence-corrected chi connectivity index (χ1v) is 9.31. The van der Waals surface area contributed by atoms with Crippen molar-refractivity contribution in [1.29, 1.82) is 0 Å². The summed E-state index contributed by atoms with van der Waals surface area (Å²) < 4.78 is 0. The summed E-state index contributed by atoms with van der Waals surface area (Å²) in [6, 6.07) is 3.98. The van der Waals surface area contributed by atoms with Crippen molar-refractivity contribution in [2.45, 2.75) is 45.6 Å². The molecule has 3 N–H and O–H groups in total. The molecule has 1 saturated heterocycles. The summed E-state index contributed by atoms with van der Waals surface area (Å²) >= 11 is 0. The van der Waals surface area contributed by atoms with Gasteiger partial charge >= 0.3 is 5.69 Å². The molecular weight excluding hydrogens is 346 g/mol. The van der Waals surface area contributed by atoms with Crippen LogP contribution in [-0.4, -0.2) is 33.9 Å². The van der Waals surface area contributed by atoms with Crippen LogP contribution < -0.4 is 21.5 Å². The Labute approximate surface area is 157 Å². The maximum absolute atomic E-state index is 12.1. The van der Waals surface area contributed by atoms with Gasteiger partial charge in [0.1, 0.15) is 5.82 Å². The maximum atomic E-state index is 12.1. The van der Waals surface area contributed by atoms with Crippen LogP contribution in [0.5, 0.6) is 0 Å². The summed E-state index contributed by atoms with van der Waals surface area (Å²) in [4.78, 5) is 46.6. The van der Waals surface area contributed by atoms with Crippen LogP contribution in [0.1, 0.15) is 42.5 Å². The fraction of sp³-hybridized carbons (Fsp3) is 0.474. The molecule has 8 nitrogen and oxygen atoms in total. The van der Waals surface area contributed by atoms with Crippen molar-refractivity contribution in [2.75, 3.05) is 18.0 Å². The zero-order chi connectivity index (χ0) is 19.2. The number of hydrogen-bond donors (Lipinski definition) is 3. The molecular formula is C19H25N5O3. The van der Waals surface area contributed by atoms with E-state index in [1.807, 2.05) is 12.1 Å². The molecule has 0 saturated carbocycles. The standard InChI is InChI=1S/C19H25N5O3/c1-13-15(18(26)23-19(27)22-13)6-8-17(25)21-12-14-5-7-16(20-11-14)24-9-3-2-4-10-24/h5,7,11H,2-4,6,8-10,12H2,1H3,(H,21,25)(H2,22,23,26,27). The molecule has 3 rings (SSSR count). The van der Waals surface area contributed by atoms with Crippen LogP contribution in [0.15, 0.2) is 27.9 Å². The molecule has 1 amide bonds. The van der Waals surface area contributed by atoms with E-state index in [1.54, 1.807) is 13.1 Å². The van der Waals surface area contributed by atoms with Crippen molar-refractivity contribution < 1.29 is 4.79 Å². The first kappa shape index (κ1) is 18.9.